The maximum Gasteiger partial charge on any atom is 0.413 e. The van der Waals surface area contributed by atoms with Crippen molar-refractivity contribution < 1.29 is 42.9 Å². The van der Waals surface area contributed by atoms with Crippen LogP contribution >= 0.6 is 33.4 Å². The fourth-order valence-corrected chi connectivity index (χ4v) is 5.57. The third kappa shape index (κ3) is 5.11. The number of benzene rings is 2. The molecule has 1 aliphatic rings. The molecule has 0 bridgehead atoms. The molecule has 1 aliphatic carbocycles. The standard InChI is InChI=1S/C22H14Cl2F7N5O3S/c23-13-6-12(40(27,28,29,30)31)7-14(24)18(13)36-19(17(16(8-32)34-36)22(3-4-22)20(33)37)35(21(38)39)9-10-5-11(25)1-2-15(10)26/h1-2,5-7H,3-4,9H2,(H2,33,37)(H,38,39). The Kier molecular flexibility index (Phi) is 6.34. The van der Waals surface area contributed by atoms with Crippen LogP contribution in [0.25, 0.3) is 5.69 Å². The van der Waals surface area contributed by atoms with E-state index in [0.717, 1.165) is 6.07 Å². The number of nitrogens with zero attached hydrogens (tertiary/aromatic N) is 4. The number of carbonyl (C=O) groups excluding carboxylic acids is 1. The topological polar surface area (TPSA) is 125 Å². The lowest BCUT2D eigenvalue weighted by Crippen LogP contribution is -2.35. The first kappa shape index (κ1) is 29.3. The van der Waals surface area contributed by atoms with E-state index in [1.165, 1.54) is 0 Å². The summed E-state index contributed by atoms with van der Waals surface area (Å²) < 4.78 is 96.1. The molecule has 0 radical (unpaired) electrons. The van der Waals surface area contributed by atoms with Gasteiger partial charge in [-0.25, -0.2) is 18.3 Å². The molecule has 3 N–H and O–H groups in total. The second-order valence-corrected chi connectivity index (χ2v) is 12.0. The molecule has 0 atom stereocenters. The van der Waals surface area contributed by atoms with E-state index in [9.17, 15) is 48.2 Å². The lowest BCUT2D eigenvalue weighted by Gasteiger charge is -2.40. The molecule has 18 heteroatoms. The van der Waals surface area contributed by atoms with E-state index in [4.69, 9.17) is 28.9 Å². The second-order valence-electron chi connectivity index (χ2n) is 8.83. The summed E-state index contributed by atoms with van der Waals surface area (Å²) in [5.74, 6) is -3.77. The SMILES string of the molecule is N#Cc1nn(-c2c(Cl)cc(S(F)(F)(F)(F)F)cc2Cl)c(N(Cc2cc(F)ccc2F)C(=O)O)c1C1(C(N)=O)CC1. The summed E-state index contributed by atoms with van der Waals surface area (Å²) in [4.78, 5) is 22.7. The van der Waals surface area contributed by atoms with Crippen LogP contribution in [0.2, 0.25) is 10.0 Å². The van der Waals surface area contributed by atoms with Crippen LogP contribution in [-0.2, 0) is 16.8 Å². The summed E-state index contributed by atoms with van der Waals surface area (Å²) in [6.07, 6.45) is -1.91. The molecule has 0 unspecified atom stereocenters. The number of carbonyl (C=O) groups is 2. The molecule has 1 fully saturated rings. The number of hydrogen-bond acceptors (Lipinski definition) is 4. The van der Waals surface area contributed by atoms with E-state index in [1.807, 2.05) is 0 Å². The zero-order valence-electron chi connectivity index (χ0n) is 19.4. The van der Waals surface area contributed by atoms with Gasteiger partial charge < -0.3 is 10.8 Å². The first-order chi connectivity index (χ1) is 18.2. The van der Waals surface area contributed by atoms with E-state index in [1.54, 1.807) is 6.07 Å². The normalized spacial score (nSPS) is 16.0. The molecule has 0 saturated heterocycles. The molecule has 2 amide bonds. The molecule has 8 nitrogen and oxygen atoms in total. The molecule has 1 saturated carbocycles. The number of carboxylic acid groups (broad SMARTS) is 1. The van der Waals surface area contributed by atoms with Gasteiger partial charge in [-0.3, -0.25) is 9.69 Å². The van der Waals surface area contributed by atoms with Gasteiger partial charge in [-0.05, 0) is 43.2 Å². The predicted octanol–water partition coefficient (Wildman–Crippen LogP) is 7.19. The summed E-state index contributed by atoms with van der Waals surface area (Å²) in [6.45, 7) is -0.976. The first-order valence-corrected chi connectivity index (χ1v) is 13.4. The van der Waals surface area contributed by atoms with Crippen molar-refractivity contribution in [3.05, 3.63) is 68.8 Å². The van der Waals surface area contributed by atoms with Crippen LogP contribution in [0.15, 0.2) is 35.2 Å². The highest BCUT2D eigenvalue weighted by Gasteiger charge is 2.66. The number of nitrogens with two attached hydrogens (primary N) is 1. The molecule has 0 aliphatic heterocycles. The molecular formula is C22H14Cl2F7N5O3S. The number of aromatic nitrogens is 2. The third-order valence-electron chi connectivity index (χ3n) is 6.14. The van der Waals surface area contributed by atoms with Gasteiger partial charge in [-0.15, -0.1) is 0 Å². The second kappa shape index (κ2) is 8.66. The smallest absolute Gasteiger partial charge is 0.413 e. The largest absolute Gasteiger partial charge is 0.465 e. The minimum Gasteiger partial charge on any atom is -0.465 e. The van der Waals surface area contributed by atoms with E-state index < -0.39 is 89.1 Å². The van der Waals surface area contributed by atoms with E-state index >= 15 is 0 Å². The van der Waals surface area contributed by atoms with Crippen LogP contribution in [-0.4, -0.2) is 26.9 Å². The van der Waals surface area contributed by atoms with Crippen molar-refractivity contribution in [3.8, 4) is 11.8 Å². The van der Waals surface area contributed by atoms with E-state index in [2.05, 4.69) is 5.10 Å². The zero-order chi connectivity index (χ0) is 30.1. The van der Waals surface area contributed by atoms with Crippen molar-refractivity contribution in [2.75, 3.05) is 4.90 Å². The molecule has 4 rings (SSSR count). The van der Waals surface area contributed by atoms with Gasteiger partial charge in [-0.2, -0.15) is 10.4 Å². The number of hydrogen-bond donors (Lipinski definition) is 2. The number of primary amides is 1. The molecule has 2 aromatic carbocycles. The fraction of sp³-hybridized carbons (Fsp3) is 0.182. The summed E-state index contributed by atoms with van der Waals surface area (Å²) in [6, 6.07) is 3.38. The highest BCUT2D eigenvalue weighted by molar-refractivity contribution is 8.45. The average molecular weight is 632 g/mol. The lowest BCUT2D eigenvalue weighted by atomic mass is 9.94. The Labute approximate surface area is 230 Å². The van der Waals surface area contributed by atoms with Crippen molar-refractivity contribution in [2.45, 2.75) is 29.7 Å². The molecule has 214 valence electrons. The first-order valence-electron chi connectivity index (χ1n) is 10.7. The monoisotopic (exact) mass is 631 g/mol. The maximum atomic E-state index is 14.5. The highest BCUT2D eigenvalue weighted by Crippen LogP contribution is 3.02. The van der Waals surface area contributed by atoms with Crippen molar-refractivity contribution in [1.29, 1.82) is 5.26 Å². The van der Waals surface area contributed by atoms with Gasteiger partial charge in [0.05, 0.1) is 22.0 Å². The van der Waals surface area contributed by atoms with Crippen LogP contribution < -0.4 is 10.6 Å². The summed E-state index contributed by atoms with van der Waals surface area (Å²) in [5.41, 5.74) is 1.47. The zero-order valence-corrected chi connectivity index (χ0v) is 21.8. The number of nitriles is 1. The Morgan fingerprint density at radius 3 is 2.15 bits per heavy atom. The van der Waals surface area contributed by atoms with Gasteiger partial charge in [0.15, 0.2) is 5.69 Å². The molecule has 40 heavy (non-hydrogen) atoms. The molecule has 3 aromatic rings. The molecule has 1 aromatic heterocycles. The van der Waals surface area contributed by atoms with Gasteiger partial charge in [-0.1, -0.05) is 42.6 Å². The Morgan fingerprint density at radius 1 is 1.12 bits per heavy atom. The number of anilines is 1. The minimum atomic E-state index is -10.3. The number of rotatable bonds is 7. The van der Waals surface area contributed by atoms with Crippen molar-refractivity contribution in [1.82, 2.24) is 9.78 Å². The number of amides is 2. The Bertz CT molecular complexity index is 1630. The molecule has 1 heterocycles. The maximum absolute atomic E-state index is 14.5. The van der Waals surface area contributed by atoms with Gasteiger partial charge in [0.25, 0.3) is 0 Å². The van der Waals surface area contributed by atoms with Crippen molar-refractivity contribution >= 4 is 51.2 Å². The van der Waals surface area contributed by atoms with Gasteiger partial charge in [0, 0.05) is 11.1 Å². The van der Waals surface area contributed by atoms with Gasteiger partial charge >= 0.3 is 16.3 Å². The summed E-state index contributed by atoms with van der Waals surface area (Å²) >= 11 is 11.9. The van der Waals surface area contributed by atoms with Crippen LogP contribution in [0.5, 0.6) is 0 Å². The molecular weight excluding hydrogens is 618 g/mol. The van der Waals surface area contributed by atoms with Crippen LogP contribution in [0.4, 0.5) is 38.8 Å². The van der Waals surface area contributed by atoms with Crippen LogP contribution in [0.1, 0.15) is 29.7 Å². The quantitative estimate of drug-likeness (QED) is 0.267. The van der Waals surface area contributed by atoms with Crippen LogP contribution in [0, 0.1) is 23.0 Å². The molecule has 0 spiro atoms. The van der Waals surface area contributed by atoms with E-state index in [-0.39, 0.29) is 25.0 Å². The minimum absolute atomic E-state index is 0.0118. The van der Waals surface area contributed by atoms with Gasteiger partial charge in [0.1, 0.15) is 34.1 Å². The average Bonchev–Trinajstić information content (AvgIpc) is 3.53. The van der Waals surface area contributed by atoms with Gasteiger partial charge in [0.2, 0.25) is 5.91 Å². The van der Waals surface area contributed by atoms with Crippen LogP contribution in [0.3, 0.4) is 0 Å². The number of halogens is 9. The van der Waals surface area contributed by atoms with Crippen molar-refractivity contribution in [2.24, 2.45) is 5.73 Å². The summed E-state index contributed by atoms with van der Waals surface area (Å²) in [5, 5.41) is 21.5. The Balaban J connectivity index is 2.08. The van der Waals surface area contributed by atoms with Crippen molar-refractivity contribution in [3.63, 3.8) is 0 Å². The van der Waals surface area contributed by atoms with E-state index in [0.29, 0.717) is 21.7 Å². The Hall–Kier alpha value is -3.68. The highest BCUT2D eigenvalue weighted by atomic mass is 35.5. The third-order valence-corrected chi connectivity index (χ3v) is 7.84. The lowest BCUT2D eigenvalue weighted by molar-refractivity contribution is -0.120. The Morgan fingerprint density at radius 2 is 1.70 bits per heavy atom. The summed E-state index contributed by atoms with van der Waals surface area (Å²) in [7, 11) is -10.3. The predicted molar refractivity (Wildman–Crippen MR) is 130 cm³/mol. The fourth-order valence-electron chi connectivity index (χ4n) is 4.11.